The van der Waals surface area contributed by atoms with E-state index in [1.54, 1.807) is 0 Å². The number of rotatable bonds is 9. The average molecular weight is 291 g/mol. The van der Waals surface area contributed by atoms with Crippen LogP contribution < -0.4 is 10.1 Å². The highest BCUT2D eigenvalue weighted by Gasteiger charge is 2.12. The summed E-state index contributed by atoms with van der Waals surface area (Å²) >= 11 is 0. The quantitative estimate of drug-likeness (QED) is 0.669. The second-order valence-electron chi connectivity index (χ2n) is 6.02. The molecule has 1 aliphatic rings. The van der Waals surface area contributed by atoms with Gasteiger partial charge in [-0.05, 0) is 49.4 Å². The average Bonchev–Trinajstić information content (AvgIpc) is 2.54. The molecule has 0 amide bonds. The molecule has 1 aliphatic carbocycles. The van der Waals surface area contributed by atoms with Crippen LogP contribution in [-0.2, 0) is 0 Å². The van der Waals surface area contributed by atoms with Crippen molar-refractivity contribution in [2.24, 2.45) is 5.92 Å². The zero-order valence-electron chi connectivity index (χ0n) is 13.0. The molecule has 1 aromatic rings. The summed E-state index contributed by atoms with van der Waals surface area (Å²) in [5.74, 6) is 1.85. The Bertz CT molecular complexity index is 371. The first-order chi connectivity index (χ1) is 10.4. The first-order valence-electron chi connectivity index (χ1n) is 8.46. The lowest BCUT2D eigenvalue weighted by atomic mass is 9.87. The molecule has 2 rings (SSSR count). The summed E-state index contributed by atoms with van der Waals surface area (Å²) in [6.07, 6.45) is 10.1. The minimum absolute atomic E-state index is 0.273. The molecule has 3 nitrogen and oxygen atoms in total. The number of unbranched alkanes of at least 4 members (excludes halogenated alkanes) is 1. The predicted molar refractivity (Wildman–Crippen MR) is 87.9 cm³/mol. The molecule has 21 heavy (non-hydrogen) atoms. The van der Waals surface area contributed by atoms with Crippen molar-refractivity contribution in [2.45, 2.75) is 51.4 Å². The molecule has 0 bridgehead atoms. The molecule has 0 unspecified atom stereocenters. The SMILES string of the molecule is OCCCCNc1ccc(OCCC2CCCCC2)cc1. The number of anilines is 1. The van der Waals surface area contributed by atoms with Crippen LogP contribution in [0.2, 0.25) is 0 Å². The van der Waals surface area contributed by atoms with Crippen LogP contribution >= 0.6 is 0 Å². The lowest BCUT2D eigenvalue weighted by Crippen LogP contribution is -2.10. The third-order valence-electron chi connectivity index (χ3n) is 4.29. The number of aliphatic hydroxyl groups is 1. The second kappa shape index (κ2) is 9.67. The van der Waals surface area contributed by atoms with Gasteiger partial charge in [0.1, 0.15) is 5.75 Å². The minimum atomic E-state index is 0.273. The van der Waals surface area contributed by atoms with Gasteiger partial charge >= 0.3 is 0 Å². The highest BCUT2D eigenvalue weighted by atomic mass is 16.5. The maximum atomic E-state index is 8.73. The van der Waals surface area contributed by atoms with E-state index >= 15 is 0 Å². The van der Waals surface area contributed by atoms with Crippen LogP contribution in [0.3, 0.4) is 0 Å². The molecule has 118 valence electrons. The summed E-state index contributed by atoms with van der Waals surface area (Å²) in [5, 5.41) is 12.1. The van der Waals surface area contributed by atoms with Crippen molar-refractivity contribution in [1.29, 1.82) is 0 Å². The molecular weight excluding hydrogens is 262 g/mol. The molecule has 0 spiro atoms. The second-order valence-corrected chi connectivity index (χ2v) is 6.02. The highest BCUT2D eigenvalue weighted by molar-refractivity contribution is 5.46. The fraction of sp³-hybridized carbons (Fsp3) is 0.667. The zero-order chi connectivity index (χ0) is 14.8. The van der Waals surface area contributed by atoms with Crippen molar-refractivity contribution in [3.05, 3.63) is 24.3 Å². The number of nitrogens with one attached hydrogen (secondary N) is 1. The van der Waals surface area contributed by atoms with Crippen molar-refractivity contribution in [2.75, 3.05) is 25.1 Å². The van der Waals surface area contributed by atoms with Gasteiger partial charge in [0.2, 0.25) is 0 Å². The van der Waals surface area contributed by atoms with E-state index in [2.05, 4.69) is 17.4 Å². The summed E-state index contributed by atoms with van der Waals surface area (Å²) in [7, 11) is 0. The largest absolute Gasteiger partial charge is 0.494 e. The lowest BCUT2D eigenvalue weighted by molar-refractivity contribution is 0.246. The topological polar surface area (TPSA) is 41.5 Å². The molecule has 0 atom stereocenters. The Kier molecular flexibility index (Phi) is 7.44. The Hall–Kier alpha value is -1.22. The number of benzene rings is 1. The van der Waals surface area contributed by atoms with Gasteiger partial charge in [0.05, 0.1) is 6.61 Å². The first kappa shape index (κ1) is 16.2. The molecule has 1 fully saturated rings. The molecule has 2 N–H and O–H groups in total. The van der Waals surface area contributed by atoms with E-state index in [1.165, 1.54) is 38.5 Å². The van der Waals surface area contributed by atoms with Crippen LogP contribution in [-0.4, -0.2) is 24.9 Å². The van der Waals surface area contributed by atoms with Crippen LogP contribution in [0.15, 0.2) is 24.3 Å². The number of hydrogen-bond acceptors (Lipinski definition) is 3. The number of ether oxygens (including phenoxy) is 1. The molecular formula is C18H29NO2. The van der Waals surface area contributed by atoms with Crippen molar-refractivity contribution >= 4 is 5.69 Å². The van der Waals surface area contributed by atoms with E-state index in [9.17, 15) is 0 Å². The van der Waals surface area contributed by atoms with Crippen LogP contribution in [0.25, 0.3) is 0 Å². The number of hydrogen-bond donors (Lipinski definition) is 2. The molecule has 1 saturated carbocycles. The minimum Gasteiger partial charge on any atom is -0.494 e. The standard InChI is InChI=1S/C18H29NO2/c20-14-5-4-13-19-17-8-10-18(11-9-17)21-15-12-16-6-2-1-3-7-16/h8-11,16,19-20H,1-7,12-15H2. The van der Waals surface area contributed by atoms with E-state index in [-0.39, 0.29) is 6.61 Å². The van der Waals surface area contributed by atoms with E-state index < -0.39 is 0 Å². The Morgan fingerprint density at radius 1 is 1.05 bits per heavy atom. The van der Waals surface area contributed by atoms with Crippen molar-refractivity contribution in [1.82, 2.24) is 0 Å². The van der Waals surface area contributed by atoms with Gasteiger partial charge in [0, 0.05) is 18.8 Å². The summed E-state index contributed by atoms with van der Waals surface area (Å²) in [6, 6.07) is 8.20. The monoisotopic (exact) mass is 291 g/mol. The van der Waals surface area contributed by atoms with E-state index in [0.717, 1.165) is 43.3 Å². The molecule has 3 heteroatoms. The van der Waals surface area contributed by atoms with Crippen molar-refractivity contribution < 1.29 is 9.84 Å². The van der Waals surface area contributed by atoms with Crippen molar-refractivity contribution in [3.63, 3.8) is 0 Å². The molecule has 0 heterocycles. The van der Waals surface area contributed by atoms with Gasteiger partial charge in [0.15, 0.2) is 0 Å². The normalized spacial score (nSPS) is 15.9. The van der Waals surface area contributed by atoms with Crippen LogP contribution in [0.5, 0.6) is 5.75 Å². The summed E-state index contributed by atoms with van der Waals surface area (Å²) in [4.78, 5) is 0. The Morgan fingerprint density at radius 3 is 2.52 bits per heavy atom. The molecule has 1 aromatic carbocycles. The van der Waals surface area contributed by atoms with Crippen LogP contribution in [0.1, 0.15) is 51.4 Å². The Morgan fingerprint density at radius 2 is 1.81 bits per heavy atom. The third kappa shape index (κ3) is 6.38. The third-order valence-corrected chi connectivity index (χ3v) is 4.29. The van der Waals surface area contributed by atoms with Gasteiger partial charge in [-0.15, -0.1) is 0 Å². The Labute approximate surface area is 128 Å². The summed E-state index contributed by atoms with van der Waals surface area (Å²) in [5.41, 5.74) is 1.12. The van der Waals surface area contributed by atoms with Crippen LogP contribution in [0.4, 0.5) is 5.69 Å². The molecule has 0 saturated heterocycles. The summed E-state index contributed by atoms with van der Waals surface area (Å²) < 4.78 is 5.85. The fourth-order valence-electron chi connectivity index (χ4n) is 2.96. The van der Waals surface area contributed by atoms with Crippen LogP contribution in [0, 0.1) is 5.92 Å². The molecule has 0 aliphatic heterocycles. The van der Waals surface area contributed by atoms with Gasteiger partial charge in [0.25, 0.3) is 0 Å². The van der Waals surface area contributed by atoms with Gasteiger partial charge in [-0.25, -0.2) is 0 Å². The summed E-state index contributed by atoms with van der Waals surface area (Å²) in [6.45, 7) is 2.02. The highest BCUT2D eigenvalue weighted by Crippen LogP contribution is 2.26. The van der Waals surface area contributed by atoms with Gasteiger partial charge < -0.3 is 15.2 Å². The number of aliphatic hydroxyl groups excluding tert-OH is 1. The predicted octanol–water partition coefficient (Wildman–Crippen LogP) is 4.22. The van der Waals surface area contributed by atoms with E-state index in [1.807, 2.05) is 12.1 Å². The first-order valence-corrected chi connectivity index (χ1v) is 8.46. The maximum absolute atomic E-state index is 8.73. The zero-order valence-corrected chi connectivity index (χ0v) is 13.0. The van der Waals surface area contributed by atoms with E-state index in [4.69, 9.17) is 9.84 Å². The Balaban J connectivity index is 1.62. The van der Waals surface area contributed by atoms with Crippen molar-refractivity contribution in [3.8, 4) is 5.75 Å². The maximum Gasteiger partial charge on any atom is 0.119 e. The van der Waals surface area contributed by atoms with Gasteiger partial charge in [-0.2, -0.15) is 0 Å². The lowest BCUT2D eigenvalue weighted by Gasteiger charge is -2.21. The molecule has 0 radical (unpaired) electrons. The fourth-order valence-corrected chi connectivity index (χ4v) is 2.96. The van der Waals surface area contributed by atoms with Gasteiger partial charge in [-0.3, -0.25) is 0 Å². The van der Waals surface area contributed by atoms with E-state index in [0.29, 0.717) is 0 Å². The smallest absolute Gasteiger partial charge is 0.119 e. The molecule has 0 aromatic heterocycles. The van der Waals surface area contributed by atoms with Gasteiger partial charge in [-0.1, -0.05) is 32.1 Å².